The first-order valence-corrected chi connectivity index (χ1v) is 5.90. The zero-order valence-corrected chi connectivity index (χ0v) is 10.6. The summed E-state index contributed by atoms with van der Waals surface area (Å²) in [6, 6.07) is 7.34. The van der Waals surface area contributed by atoms with Crippen molar-refractivity contribution in [3.63, 3.8) is 0 Å². The molecule has 1 aromatic rings. The summed E-state index contributed by atoms with van der Waals surface area (Å²) in [4.78, 5) is 12.0. The summed E-state index contributed by atoms with van der Waals surface area (Å²) in [6.07, 6.45) is 1.98. The topological polar surface area (TPSA) is 43.1 Å². The van der Waals surface area contributed by atoms with E-state index >= 15 is 0 Å². The van der Waals surface area contributed by atoms with Gasteiger partial charge >= 0.3 is 0 Å². The fourth-order valence-electron chi connectivity index (χ4n) is 1.69. The smallest absolute Gasteiger partial charge is 0.156 e. The van der Waals surface area contributed by atoms with Crippen LogP contribution in [0.1, 0.15) is 32.3 Å². The van der Waals surface area contributed by atoms with Crippen molar-refractivity contribution in [2.75, 3.05) is 0 Å². The second-order valence-electron chi connectivity index (χ2n) is 4.40. The minimum atomic E-state index is -0.725. The van der Waals surface area contributed by atoms with Gasteiger partial charge in [-0.05, 0) is 31.0 Å². The van der Waals surface area contributed by atoms with Crippen molar-refractivity contribution in [1.29, 1.82) is 0 Å². The number of ketones is 1. The lowest BCUT2D eigenvalue weighted by atomic mass is 9.89. The summed E-state index contributed by atoms with van der Waals surface area (Å²) in [5, 5.41) is 0.652. The summed E-state index contributed by atoms with van der Waals surface area (Å²) in [5.41, 5.74) is 6.17. The monoisotopic (exact) mass is 239 g/mol. The molecular weight excluding hydrogens is 222 g/mol. The molecule has 0 aromatic heterocycles. The van der Waals surface area contributed by atoms with Crippen molar-refractivity contribution in [3.05, 3.63) is 34.9 Å². The molecule has 1 aromatic carbocycles. The van der Waals surface area contributed by atoms with Gasteiger partial charge in [0.05, 0.1) is 5.54 Å². The minimum Gasteiger partial charge on any atom is -0.319 e. The molecule has 0 fully saturated rings. The highest BCUT2D eigenvalue weighted by atomic mass is 35.5. The number of carbonyl (C=O) groups is 1. The van der Waals surface area contributed by atoms with Crippen molar-refractivity contribution >= 4 is 17.4 Å². The van der Waals surface area contributed by atoms with Crippen LogP contribution in [-0.4, -0.2) is 11.3 Å². The van der Waals surface area contributed by atoms with Gasteiger partial charge in [-0.25, -0.2) is 0 Å². The Hall–Kier alpha value is -0.860. The molecule has 0 aliphatic heterocycles. The van der Waals surface area contributed by atoms with Crippen molar-refractivity contribution in [3.8, 4) is 0 Å². The molecule has 0 aliphatic carbocycles. The maximum Gasteiger partial charge on any atom is 0.156 e. The molecule has 0 heterocycles. The first-order chi connectivity index (χ1) is 7.45. The average molecular weight is 240 g/mol. The Morgan fingerprint density at radius 3 is 2.75 bits per heavy atom. The Morgan fingerprint density at radius 2 is 2.19 bits per heavy atom. The van der Waals surface area contributed by atoms with Gasteiger partial charge in [0.25, 0.3) is 0 Å². The second-order valence-corrected chi connectivity index (χ2v) is 4.83. The Morgan fingerprint density at radius 1 is 1.50 bits per heavy atom. The van der Waals surface area contributed by atoms with E-state index in [9.17, 15) is 4.79 Å². The normalized spacial score (nSPS) is 14.5. The van der Waals surface area contributed by atoms with Gasteiger partial charge in [0.2, 0.25) is 0 Å². The van der Waals surface area contributed by atoms with Gasteiger partial charge in [-0.2, -0.15) is 0 Å². The molecule has 1 rings (SSSR count). The number of nitrogens with two attached hydrogens (primary N) is 1. The molecule has 88 valence electrons. The molecule has 0 aliphatic rings. The maximum absolute atomic E-state index is 12.0. The molecule has 2 nitrogen and oxygen atoms in total. The van der Waals surface area contributed by atoms with E-state index in [2.05, 4.69) is 0 Å². The maximum atomic E-state index is 12.0. The highest BCUT2D eigenvalue weighted by Crippen LogP contribution is 2.16. The number of Topliss-reactive ketones (excluding diaryl/α,β-unsaturated/α-hetero) is 1. The molecule has 2 N–H and O–H groups in total. The van der Waals surface area contributed by atoms with Gasteiger partial charge in [-0.3, -0.25) is 4.79 Å². The summed E-state index contributed by atoms with van der Waals surface area (Å²) >= 11 is 5.86. The quantitative estimate of drug-likeness (QED) is 0.859. The molecule has 0 radical (unpaired) electrons. The SMILES string of the molecule is CCCC(C)(N)C(=O)Cc1cccc(Cl)c1. The number of halogens is 1. The summed E-state index contributed by atoms with van der Waals surface area (Å²) in [6.45, 7) is 3.82. The Labute approximate surface area is 102 Å². The number of hydrogen-bond donors (Lipinski definition) is 1. The third-order valence-electron chi connectivity index (χ3n) is 2.66. The fourth-order valence-corrected chi connectivity index (χ4v) is 1.91. The van der Waals surface area contributed by atoms with Crippen molar-refractivity contribution in [2.45, 2.75) is 38.6 Å². The third-order valence-corrected chi connectivity index (χ3v) is 2.90. The van der Waals surface area contributed by atoms with E-state index in [1.807, 2.05) is 25.1 Å². The van der Waals surface area contributed by atoms with Gasteiger partial charge in [-0.15, -0.1) is 0 Å². The van der Waals surface area contributed by atoms with Crippen LogP contribution in [0.15, 0.2) is 24.3 Å². The highest BCUT2D eigenvalue weighted by molar-refractivity contribution is 6.30. The van der Waals surface area contributed by atoms with Crippen LogP contribution in [0.2, 0.25) is 5.02 Å². The second kappa shape index (κ2) is 5.46. The van der Waals surface area contributed by atoms with E-state index in [1.54, 1.807) is 13.0 Å². The van der Waals surface area contributed by atoms with Crippen molar-refractivity contribution in [2.24, 2.45) is 5.73 Å². The lowest BCUT2D eigenvalue weighted by molar-refractivity contribution is -0.123. The average Bonchev–Trinajstić information content (AvgIpc) is 2.17. The summed E-state index contributed by atoms with van der Waals surface area (Å²) in [5.74, 6) is 0.0663. The minimum absolute atomic E-state index is 0.0663. The van der Waals surface area contributed by atoms with Gasteiger partial charge < -0.3 is 5.73 Å². The van der Waals surface area contributed by atoms with Gasteiger partial charge in [0, 0.05) is 11.4 Å². The van der Waals surface area contributed by atoms with E-state index in [-0.39, 0.29) is 5.78 Å². The molecule has 1 atom stereocenters. The molecular formula is C13H18ClNO. The predicted octanol–water partition coefficient (Wildman–Crippen LogP) is 2.97. The fraction of sp³-hybridized carbons (Fsp3) is 0.462. The Balaban J connectivity index is 2.71. The molecule has 3 heteroatoms. The highest BCUT2D eigenvalue weighted by Gasteiger charge is 2.26. The van der Waals surface area contributed by atoms with E-state index in [4.69, 9.17) is 17.3 Å². The number of hydrogen-bond acceptors (Lipinski definition) is 2. The van der Waals surface area contributed by atoms with Crippen LogP contribution < -0.4 is 5.73 Å². The van der Waals surface area contributed by atoms with E-state index in [1.165, 1.54) is 0 Å². The van der Waals surface area contributed by atoms with Crippen LogP contribution in [0.5, 0.6) is 0 Å². The molecule has 0 saturated carbocycles. The number of benzene rings is 1. The van der Waals surface area contributed by atoms with E-state index < -0.39 is 5.54 Å². The van der Waals surface area contributed by atoms with Crippen LogP contribution in [0, 0.1) is 0 Å². The number of carbonyl (C=O) groups excluding carboxylic acids is 1. The standard InChI is InChI=1S/C13H18ClNO/c1-3-7-13(2,15)12(16)9-10-5-4-6-11(14)8-10/h4-6,8H,3,7,9,15H2,1-2H3. The lowest BCUT2D eigenvalue weighted by Crippen LogP contribution is -2.45. The zero-order chi connectivity index (χ0) is 12.2. The van der Waals surface area contributed by atoms with E-state index in [0.29, 0.717) is 17.9 Å². The van der Waals surface area contributed by atoms with Gasteiger partial charge in [0.1, 0.15) is 0 Å². The number of rotatable bonds is 5. The van der Waals surface area contributed by atoms with Crippen LogP contribution >= 0.6 is 11.6 Å². The van der Waals surface area contributed by atoms with Crippen molar-refractivity contribution in [1.82, 2.24) is 0 Å². The van der Waals surface area contributed by atoms with Crippen LogP contribution in [-0.2, 0) is 11.2 Å². The molecule has 0 amide bonds. The van der Waals surface area contributed by atoms with Gasteiger partial charge in [-0.1, -0.05) is 37.1 Å². The van der Waals surface area contributed by atoms with Crippen LogP contribution in [0.4, 0.5) is 0 Å². The first kappa shape index (κ1) is 13.2. The summed E-state index contributed by atoms with van der Waals surface area (Å²) in [7, 11) is 0. The molecule has 0 saturated heterocycles. The molecule has 1 unspecified atom stereocenters. The first-order valence-electron chi connectivity index (χ1n) is 5.52. The molecule has 0 bridgehead atoms. The lowest BCUT2D eigenvalue weighted by Gasteiger charge is -2.22. The Bertz CT molecular complexity index is 374. The van der Waals surface area contributed by atoms with E-state index in [0.717, 1.165) is 12.0 Å². The zero-order valence-electron chi connectivity index (χ0n) is 9.79. The van der Waals surface area contributed by atoms with Crippen LogP contribution in [0.25, 0.3) is 0 Å². The third kappa shape index (κ3) is 3.62. The largest absolute Gasteiger partial charge is 0.319 e. The van der Waals surface area contributed by atoms with Crippen molar-refractivity contribution < 1.29 is 4.79 Å². The molecule has 0 spiro atoms. The van der Waals surface area contributed by atoms with Crippen LogP contribution in [0.3, 0.4) is 0 Å². The molecule has 16 heavy (non-hydrogen) atoms. The van der Waals surface area contributed by atoms with Gasteiger partial charge in [0.15, 0.2) is 5.78 Å². The Kier molecular flexibility index (Phi) is 4.51. The predicted molar refractivity (Wildman–Crippen MR) is 67.7 cm³/mol. The summed E-state index contributed by atoms with van der Waals surface area (Å²) < 4.78 is 0.